The summed E-state index contributed by atoms with van der Waals surface area (Å²) in [6, 6.07) is 5.34. The minimum Gasteiger partial charge on any atom is -0.392 e. The number of benzene rings is 1. The molecular formula is C17H23FN4O3. The zero-order chi connectivity index (χ0) is 17.8. The standard InChI is InChI=1S/C17H23FN4O3/c18-12-1-3-13(4-2-12)20-16(24)11-21-5-7-22(8-6-21)17(25)15-9-14(23)10-19-15/h1-4,14-15,19,23H,5-11H2,(H,20,24). The maximum atomic E-state index is 12.9. The molecule has 0 aromatic heterocycles. The lowest BCUT2D eigenvalue weighted by atomic mass is 10.1. The molecule has 0 saturated carbocycles. The van der Waals surface area contributed by atoms with Crippen molar-refractivity contribution in [1.29, 1.82) is 0 Å². The van der Waals surface area contributed by atoms with Gasteiger partial charge < -0.3 is 20.6 Å². The monoisotopic (exact) mass is 350 g/mol. The molecule has 0 radical (unpaired) electrons. The molecule has 2 atom stereocenters. The molecular weight excluding hydrogens is 327 g/mol. The largest absolute Gasteiger partial charge is 0.392 e. The summed E-state index contributed by atoms with van der Waals surface area (Å²) in [5.74, 6) is -0.484. The summed E-state index contributed by atoms with van der Waals surface area (Å²) in [5, 5.41) is 15.3. The van der Waals surface area contributed by atoms with Crippen LogP contribution in [0.3, 0.4) is 0 Å². The summed E-state index contributed by atoms with van der Waals surface area (Å²) in [7, 11) is 0. The number of rotatable bonds is 4. The minimum absolute atomic E-state index is 0.0203. The summed E-state index contributed by atoms with van der Waals surface area (Å²) >= 11 is 0. The Hall–Kier alpha value is -2.03. The Bertz CT molecular complexity index is 617. The molecule has 2 fully saturated rings. The maximum absolute atomic E-state index is 12.9. The van der Waals surface area contributed by atoms with E-state index in [0.29, 0.717) is 44.8 Å². The fourth-order valence-corrected chi connectivity index (χ4v) is 3.19. The van der Waals surface area contributed by atoms with Gasteiger partial charge in [-0.15, -0.1) is 0 Å². The van der Waals surface area contributed by atoms with Gasteiger partial charge in [-0.2, -0.15) is 0 Å². The zero-order valence-electron chi connectivity index (χ0n) is 13.9. The number of carbonyl (C=O) groups is 2. The number of hydrogen-bond donors (Lipinski definition) is 3. The van der Waals surface area contributed by atoms with E-state index in [2.05, 4.69) is 10.6 Å². The van der Waals surface area contributed by atoms with Crippen LogP contribution in [0.15, 0.2) is 24.3 Å². The van der Waals surface area contributed by atoms with Crippen LogP contribution in [0.25, 0.3) is 0 Å². The second-order valence-electron chi connectivity index (χ2n) is 6.51. The average Bonchev–Trinajstić information content (AvgIpc) is 3.03. The van der Waals surface area contributed by atoms with E-state index in [1.54, 1.807) is 4.90 Å². The van der Waals surface area contributed by atoms with Crippen molar-refractivity contribution in [2.75, 3.05) is 44.6 Å². The van der Waals surface area contributed by atoms with E-state index < -0.39 is 6.10 Å². The number of anilines is 1. The van der Waals surface area contributed by atoms with Crippen LogP contribution in [-0.2, 0) is 9.59 Å². The molecule has 0 bridgehead atoms. The number of nitrogens with zero attached hydrogens (tertiary/aromatic N) is 2. The van der Waals surface area contributed by atoms with E-state index in [-0.39, 0.29) is 30.2 Å². The van der Waals surface area contributed by atoms with Gasteiger partial charge in [0.25, 0.3) is 0 Å². The van der Waals surface area contributed by atoms with Crippen molar-refractivity contribution >= 4 is 17.5 Å². The fourth-order valence-electron chi connectivity index (χ4n) is 3.19. The number of β-amino-alcohol motifs (C(OH)–C–C–N with tert-alkyl or cyclic N) is 1. The number of aliphatic hydroxyl groups excluding tert-OH is 1. The van der Waals surface area contributed by atoms with Crippen molar-refractivity contribution in [2.24, 2.45) is 0 Å². The molecule has 25 heavy (non-hydrogen) atoms. The van der Waals surface area contributed by atoms with Crippen LogP contribution in [0.1, 0.15) is 6.42 Å². The van der Waals surface area contributed by atoms with Crippen molar-refractivity contribution in [3.63, 3.8) is 0 Å². The van der Waals surface area contributed by atoms with Gasteiger partial charge in [0, 0.05) is 38.4 Å². The van der Waals surface area contributed by atoms with Crippen LogP contribution < -0.4 is 10.6 Å². The van der Waals surface area contributed by atoms with E-state index in [9.17, 15) is 19.1 Å². The molecule has 136 valence electrons. The molecule has 2 amide bonds. The van der Waals surface area contributed by atoms with E-state index in [0.717, 1.165) is 0 Å². The van der Waals surface area contributed by atoms with Crippen molar-refractivity contribution in [3.05, 3.63) is 30.1 Å². The topological polar surface area (TPSA) is 84.9 Å². The van der Waals surface area contributed by atoms with Gasteiger partial charge in [-0.3, -0.25) is 14.5 Å². The number of nitrogens with one attached hydrogen (secondary N) is 2. The molecule has 2 unspecified atom stereocenters. The van der Waals surface area contributed by atoms with Gasteiger partial charge in [-0.1, -0.05) is 0 Å². The van der Waals surface area contributed by atoms with Crippen molar-refractivity contribution in [3.8, 4) is 0 Å². The van der Waals surface area contributed by atoms with Gasteiger partial charge in [0.05, 0.1) is 18.7 Å². The first-order valence-electron chi connectivity index (χ1n) is 8.49. The molecule has 0 aliphatic carbocycles. The smallest absolute Gasteiger partial charge is 0.239 e. The number of amides is 2. The number of carbonyl (C=O) groups excluding carboxylic acids is 2. The summed E-state index contributed by atoms with van der Waals surface area (Å²) in [6.45, 7) is 3.07. The van der Waals surface area contributed by atoms with Crippen LogP contribution in [0, 0.1) is 5.82 Å². The highest BCUT2D eigenvalue weighted by Crippen LogP contribution is 2.12. The SMILES string of the molecule is O=C(CN1CCN(C(=O)C2CC(O)CN2)CC1)Nc1ccc(F)cc1. The van der Waals surface area contributed by atoms with Crippen LogP contribution in [-0.4, -0.2) is 78.1 Å². The van der Waals surface area contributed by atoms with E-state index in [4.69, 9.17) is 0 Å². The van der Waals surface area contributed by atoms with Crippen LogP contribution in [0.2, 0.25) is 0 Å². The van der Waals surface area contributed by atoms with Crippen molar-refractivity contribution in [1.82, 2.24) is 15.1 Å². The second-order valence-corrected chi connectivity index (χ2v) is 6.51. The maximum Gasteiger partial charge on any atom is 0.239 e. The summed E-state index contributed by atoms with van der Waals surface area (Å²) in [6.07, 6.45) is 0.00413. The van der Waals surface area contributed by atoms with Crippen LogP contribution >= 0.6 is 0 Å². The fraction of sp³-hybridized carbons (Fsp3) is 0.529. The van der Waals surface area contributed by atoms with Gasteiger partial charge in [0.2, 0.25) is 11.8 Å². The number of aliphatic hydroxyl groups is 1. The zero-order valence-corrected chi connectivity index (χ0v) is 13.9. The highest BCUT2D eigenvalue weighted by molar-refractivity contribution is 5.92. The molecule has 8 heteroatoms. The average molecular weight is 350 g/mol. The quantitative estimate of drug-likeness (QED) is 0.690. The Balaban J connectivity index is 1.42. The van der Waals surface area contributed by atoms with E-state index in [1.807, 2.05) is 4.90 Å². The molecule has 0 spiro atoms. The summed E-state index contributed by atoms with van der Waals surface area (Å²) in [4.78, 5) is 28.2. The van der Waals surface area contributed by atoms with Crippen LogP contribution in [0.5, 0.6) is 0 Å². The Labute approximate surface area is 145 Å². The Morgan fingerprint density at radius 2 is 1.88 bits per heavy atom. The molecule has 2 aliphatic rings. The third kappa shape index (κ3) is 4.75. The van der Waals surface area contributed by atoms with E-state index in [1.165, 1.54) is 24.3 Å². The summed E-state index contributed by atoms with van der Waals surface area (Å²) < 4.78 is 12.9. The van der Waals surface area contributed by atoms with E-state index >= 15 is 0 Å². The number of hydrogen-bond acceptors (Lipinski definition) is 5. The van der Waals surface area contributed by atoms with Crippen molar-refractivity contribution in [2.45, 2.75) is 18.6 Å². The molecule has 7 nitrogen and oxygen atoms in total. The lowest BCUT2D eigenvalue weighted by Gasteiger charge is -2.35. The normalized spacial score (nSPS) is 24.3. The van der Waals surface area contributed by atoms with Gasteiger partial charge in [0.1, 0.15) is 5.82 Å². The molecule has 2 aliphatic heterocycles. The second kappa shape index (κ2) is 7.90. The lowest BCUT2D eigenvalue weighted by Crippen LogP contribution is -2.54. The van der Waals surface area contributed by atoms with Crippen LogP contribution in [0.4, 0.5) is 10.1 Å². The first-order valence-corrected chi connectivity index (χ1v) is 8.49. The number of piperazine rings is 1. The number of halogens is 1. The Kier molecular flexibility index (Phi) is 5.62. The molecule has 3 rings (SSSR count). The first-order chi connectivity index (χ1) is 12.0. The predicted octanol–water partition coefficient (Wildman–Crippen LogP) is -0.369. The molecule has 1 aromatic rings. The van der Waals surface area contributed by atoms with Gasteiger partial charge in [-0.25, -0.2) is 4.39 Å². The van der Waals surface area contributed by atoms with Gasteiger partial charge >= 0.3 is 0 Å². The third-order valence-corrected chi connectivity index (χ3v) is 4.58. The highest BCUT2D eigenvalue weighted by atomic mass is 19.1. The Morgan fingerprint density at radius 1 is 1.20 bits per heavy atom. The molecule has 2 heterocycles. The predicted molar refractivity (Wildman–Crippen MR) is 90.5 cm³/mol. The lowest BCUT2D eigenvalue weighted by molar-refractivity contribution is -0.135. The van der Waals surface area contributed by atoms with Crippen molar-refractivity contribution < 1.29 is 19.1 Å². The highest BCUT2D eigenvalue weighted by Gasteiger charge is 2.32. The third-order valence-electron chi connectivity index (χ3n) is 4.58. The summed E-state index contributed by atoms with van der Waals surface area (Å²) in [5.41, 5.74) is 0.561. The molecule has 3 N–H and O–H groups in total. The van der Waals surface area contributed by atoms with Gasteiger partial charge in [-0.05, 0) is 30.7 Å². The molecule has 1 aromatic carbocycles. The first kappa shape index (κ1) is 17.8. The van der Waals surface area contributed by atoms with Gasteiger partial charge in [0.15, 0.2) is 0 Å². The minimum atomic E-state index is -0.453. The molecule has 2 saturated heterocycles. The Morgan fingerprint density at radius 3 is 2.48 bits per heavy atom.